The van der Waals surface area contributed by atoms with Crippen LogP contribution in [-0.2, 0) is 14.3 Å². The highest BCUT2D eigenvalue weighted by Gasteiger charge is 2.31. The van der Waals surface area contributed by atoms with Crippen molar-refractivity contribution in [2.24, 2.45) is 0 Å². The van der Waals surface area contributed by atoms with E-state index in [0.717, 1.165) is 37.6 Å². The van der Waals surface area contributed by atoms with E-state index in [-0.39, 0.29) is 24.9 Å². The van der Waals surface area contributed by atoms with Crippen LogP contribution in [0, 0.1) is 5.82 Å². The maximum absolute atomic E-state index is 13.2. The molecule has 1 aliphatic heterocycles. The molecule has 3 rings (SSSR count). The Balaban J connectivity index is 1.56. The number of benzene rings is 1. The Morgan fingerprint density at radius 1 is 1.17 bits per heavy atom. The van der Waals surface area contributed by atoms with E-state index in [1.54, 1.807) is 18.4 Å². The maximum atomic E-state index is 13.2. The second-order valence-electron chi connectivity index (χ2n) is 7.15. The molecule has 2 aromatic rings. The fourth-order valence-electron chi connectivity index (χ4n) is 3.61. The second-order valence-corrected chi connectivity index (χ2v) is 7.15. The summed E-state index contributed by atoms with van der Waals surface area (Å²) >= 11 is 0. The van der Waals surface area contributed by atoms with Crippen LogP contribution in [-0.4, -0.2) is 64.8 Å². The van der Waals surface area contributed by atoms with Gasteiger partial charge in [0.25, 0.3) is 0 Å². The third kappa shape index (κ3) is 5.80. The second kappa shape index (κ2) is 10.7. The van der Waals surface area contributed by atoms with Crippen molar-refractivity contribution in [3.63, 3.8) is 0 Å². The molecule has 30 heavy (non-hydrogen) atoms. The highest BCUT2D eigenvalue weighted by molar-refractivity contribution is 6.35. The van der Waals surface area contributed by atoms with Gasteiger partial charge in [0.15, 0.2) is 11.8 Å². The minimum atomic E-state index is -0.679. The largest absolute Gasteiger partial charge is 0.463 e. The summed E-state index contributed by atoms with van der Waals surface area (Å²) in [5, 5.41) is 5.23. The molecule has 1 aliphatic rings. The number of methoxy groups -OCH3 is 1. The Labute approximate surface area is 175 Å². The molecular formula is C21H28FN4O4+. The molecule has 9 heteroatoms. The first kappa shape index (κ1) is 21.8. The molecule has 2 heterocycles. The van der Waals surface area contributed by atoms with Gasteiger partial charge in [0.1, 0.15) is 5.82 Å². The number of furan rings is 1. The summed E-state index contributed by atoms with van der Waals surface area (Å²) < 4.78 is 23.6. The van der Waals surface area contributed by atoms with E-state index >= 15 is 0 Å². The van der Waals surface area contributed by atoms with Crippen LogP contribution >= 0.6 is 0 Å². The quantitative estimate of drug-likeness (QED) is 0.406. The van der Waals surface area contributed by atoms with Gasteiger partial charge in [-0.25, -0.2) is 4.39 Å². The SMILES string of the molecule is COCCNC(=O)C(=O)NC[C@H](c1ccco1)[NH+]1CCN(c2ccc(F)cc2)CC1. The Kier molecular flexibility index (Phi) is 7.81. The van der Waals surface area contributed by atoms with Crippen LogP contribution in [0.25, 0.3) is 0 Å². The van der Waals surface area contributed by atoms with Crippen LogP contribution in [0.5, 0.6) is 0 Å². The number of anilines is 1. The highest BCUT2D eigenvalue weighted by atomic mass is 19.1. The van der Waals surface area contributed by atoms with Crippen molar-refractivity contribution < 1.29 is 28.0 Å². The normalized spacial score (nSPS) is 15.6. The van der Waals surface area contributed by atoms with Crippen LogP contribution in [0.15, 0.2) is 47.1 Å². The van der Waals surface area contributed by atoms with Gasteiger partial charge in [-0.1, -0.05) is 0 Å². The van der Waals surface area contributed by atoms with Crippen molar-refractivity contribution in [2.75, 3.05) is 57.9 Å². The average Bonchev–Trinajstić information content (AvgIpc) is 3.29. The van der Waals surface area contributed by atoms with Gasteiger partial charge in [0.2, 0.25) is 0 Å². The molecule has 1 fully saturated rings. The van der Waals surface area contributed by atoms with Crippen molar-refractivity contribution >= 4 is 17.5 Å². The first-order chi connectivity index (χ1) is 14.6. The number of ether oxygens (including phenoxy) is 1. The first-order valence-corrected chi connectivity index (χ1v) is 10.0. The number of halogens is 1. The minimum Gasteiger partial charge on any atom is -0.463 e. The van der Waals surface area contributed by atoms with Crippen molar-refractivity contribution in [1.29, 1.82) is 0 Å². The predicted octanol–water partition coefficient (Wildman–Crippen LogP) is -0.256. The molecule has 1 aromatic carbocycles. The number of carbonyl (C=O) groups is 2. The minimum absolute atomic E-state index is 0.105. The zero-order valence-corrected chi connectivity index (χ0v) is 17.0. The molecule has 1 saturated heterocycles. The summed E-state index contributed by atoms with van der Waals surface area (Å²) in [6, 6.07) is 10.1. The Morgan fingerprint density at radius 3 is 2.50 bits per heavy atom. The van der Waals surface area contributed by atoms with E-state index in [1.807, 2.05) is 12.1 Å². The summed E-state index contributed by atoms with van der Waals surface area (Å²) in [4.78, 5) is 27.5. The Hall–Kier alpha value is -2.91. The summed E-state index contributed by atoms with van der Waals surface area (Å²) in [7, 11) is 1.53. The van der Waals surface area contributed by atoms with Crippen molar-refractivity contribution in [3.05, 3.63) is 54.2 Å². The number of carbonyl (C=O) groups excluding carboxylic acids is 2. The Bertz CT molecular complexity index is 805. The van der Waals surface area contributed by atoms with Crippen LogP contribution in [0.2, 0.25) is 0 Å². The fourth-order valence-corrected chi connectivity index (χ4v) is 3.61. The van der Waals surface area contributed by atoms with Gasteiger partial charge in [-0.05, 0) is 36.4 Å². The molecule has 0 saturated carbocycles. The summed E-state index contributed by atoms with van der Waals surface area (Å²) in [5.74, 6) is -0.836. The van der Waals surface area contributed by atoms with Gasteiger partial charge in [-0.15, -0.1) is 0 Å². The van der Waals surface area contributed by atoms with Gasteiger partial charge in [-0.2, -0.15) is 0 Å². The lowest BCUT2D eigenvalue weighted by atomic mass is 10.1. The van der Waals surface area contributed by atoms with E-state index < -0.39 is 11.8 Å². The van der Waals surface area contributed by atoms with E-state index in [0.29, 0.717) is 6.61 Å². The monoisotopic (exact) mass is 419 g/mol. The molecule has 2 amide bonds. The number of piperazine rings is 1. The maximum Gasteiger partial charge on any atom is 0.309 e. The third-order valence-corrected chi connectivity index (χ3v) is 5.24. The van der Waals surface area contributed by atoms with Crippen molar-refractivity contribution in [2.45, 2.75) is 6.04 Å². The van der Waals surface area contributed by atoms with Crippen LogP contribution < -0.4 is 20.4 Å². The van der Waals surface area contributed by atoms with Crippen molar-refractivity contribution in [3.8, 4) is 0 Å². The molecule has 3 N–H and O–H groups in total. The number of rotatable bonds is 8. The molecule has 1 atom stereocenters. The average molecular weight is 419 g/mol. The zero-order valence-electron chi connectivity index (χ0n) is 17.0. The molecule has 1 aromatic heterocycles. The Morgan fingerprint density at radius 2 is 1.87 bits per heavy atom. The topological polar surface area (TPSA) is 88.2 Å². The number of nitrogens with one attached hydrogen (secondary N) is 3. The number of amides is 2. The molecule has 0 radical (unpaired) electrons. The summed E-state index contributed by atoms with van der Waals surface area (Å²) in [6.07, 6.45) is 1.61. The number of hydrogen-bond donors (Lipinski definition) is 3. The molecule has 162 valence electrons. The zero-order chi connectivity index (χ0) is 21.3. The molecule has 0 bridgehead atoms. The molecule has 8 nitrogen and oxygen atoms in total. The molecule has 0 spiro atoms. The standard InChI is InChI=1S/C21H27FN4O4/c1-29-14-8-23-20(27)21(28)24-15-18(19-3-2-13-30-19)26-11-9-25(10-12-26)17-6-4-16(22)5-7-17/h2-7,13,18H,8-12,14-15H2,1H3,(H,23,27)(H,24,28)/p+1/t18-/m1/s1. The third-order valence-electron chi connectivity index (χ3n) is 5.24. The number of hydrogen-bond acceptors (Lipinski definition) is 5. The summed E-state index contributed by atoms with van der Waals surface area (Å²) in [6.45, 7) is 4.14. The van der Waals surface area contributed by atoms with Crippen LogP contribution in [0.3, 0.4) is 0 Å². The van der Waals surface area contributed by atoms with Gasteiger partial charge in [0.05, 0.1) is 45.6 Å². The smallest absolute Gasteiger partial charge is 0.309 e. The molecule has 0 aliphatic carbocycles. The van der Waals surface area contributed by atoms with Crippen LogP contribution in [0.1, 0.15) is 11.8 Å². The van der Waals surface area contributed by atoms with E-state index in [2.05, 4.69) is 15.5 Å². The fraction of sp³-hybridized carbons (Fsp3) is 0.429. The van der Waals surface area contributed by atoms with Gasteiger partial charge in [0, 0.05) is 19.3 Å². The van der Waals surface area contributed by atoms with E-state index in [4.69, 9.17) is 9.15 Å². The lowest BCUT2D eigenvalue weighted by Gasteiger charge is -2.37. The number of nitrogens with zero attached hydrogens (tertiary/aromatic N) is 1. The first-order valence-electron chi connectivity index (χ1n) is 10.0. The van der Waals surface area contributed by atoms with Crippen LogP contribution in [0.4, 0.5) is 10.1 Å². The van der Waals surface area contributed by atoms with Gasteiger partial charge in [-0.3, -0.25) is 9.59 Å². The van der Waals surface area contributed by atoms with Gasteiger partial charge < -0.3 is 29.6 Å². The molecular weight excluding hydrogens is 391 g/mol. The van der Waals surface area contributed by atoms with E-state index in [9.17, 15) is 14.0 Å². The summed E-state index contributed by atoms with van der Waals surface area (Å²) in [5.41, 5.74) is 0.992. The van der Waals surface area contributed by atoms with E-state index in [1.165, 1.54) is 24.1 Å². The molecule has 0 unspecified atom stereocenters. The lowest BCUT2D eigenvalue weighted by molar-refractivity contribution is -0.932. The van der Waals surface area contributed by atoms with Crippen molar-refractivity contribution in [1.82, 2.24) is 10.6 Å². The predicted molar refractivity (Wildman–Crippen MR) is 109 cm³/mol. The highest BCUT2D eigenvalue weighted by Crippen LogP contribution is 2.16. The van der Waals surface area contributed by atoms with Gasteiger partial charge >= 0.3 is 11.8 Å². The lowest BCUT2D eigenvalue weighted by Crippen LogP contribution is -3.15. The number of quaternary nitrogens is 1.